The Morgan fingerprint density at radius 3 is 2.67 bits per heavy atom. The number of hydrogen-bond donors (Lipinski definition) is 1. The number of hydrogen-bond acceptors (Lipinski definition) is 3. The number of rotatable bonds is 4. The van der Waals surface area contributed by atoms with Gasteiger partial charge in [-0.2, -0.15) is 0 Å². The van der Waals surface area contributed by atoms with Gasteiger partial charge in [-0.25, -0.2) is 0 Å². The fourth-order valence-corrected chi connectivity index (χ4v) is 2.74. The number of benzene rings is 1. The van der Waals surface area contributed by atoms with Crippen molar-refractivity contribution in [3.05, 3.63) is 65.9 Å². The van der Waals surface area contributed by atoms with Gasteiger partial charge in [0.1, 0.15) is 5.76 Å². The van der Waals surface area contributed by atoms with Crippen molar-refractivity contribution in [3.8, 4) is 10.4 Å². The smallest absolute Gasteiger partial charge is 0.122 e. The molecule has 18 heavy (non-hydrogen) atoms. The second kappa shape index (κ2) is 5.10. The molecule has 0 spiro atoms. The van der Waals surface area contributed by atoms with Gasteiger partial charge < -0.3 is 9.73 Å². The van der Waals surface area contributed by atoms with Crippen LogP contribution in [-0.4, -0.2) is 0 Å². The fourth-order valence-electron chi connectivity index (χ4n) is 1.86. The molecule has 3 heteroatoms. The minimum Gasteiger partial charge on any atom is -0.467 e. The molecule has 0 saturated heterocycles. The molecule has 0 aliphatic carbocycles. The standard InChI is InChI=1S/C15H13NOS/c1-2-5-12(6-3-1)15-14(8-10-18-15)16-11-13-7-4-9-17-13/h1-10,16H,11H2. The Labute approximate surface area is 110 Å². The zero-order valence-corrected chi connectivity index (χ0v) is 10.6. The van der Waals surface area contributed by atoms with E-state index >= 15 is 0 Å². The van der Waals surface area contributed by atoms with E-state index in [0.29, 0.717) is 6.54 Å². The zero-order valence-electron chi connectivity index (χ0n) is 9.80. The molecule has 0 aliphatic heterocycles. The predicted molar refractivity (Wildman–Crippen MR) is 75.8 cm³/mol. The summed E-state index contributed by atoms with van der Waals surface area (Å²) in [4.78, 5) is 1.27. The second-order valence-corrected chi connectivity index (χ2v) is 4.88. The Hall–Kier alpha value is -2.00. The largest absolute Gasteiger partial charge is 0.467 e. The van der Waals surface area contributed by atoms with Gasteiger partial charge in [0, 0.05) is 0 Å². The highest BCUT2D eigenvalue weighted by Crippen LogP contribution is 2.33. The van der Waals surface area contributed by atoms with Gasteiger partial charge in [0.25, 0.3) is 0 Å². The van der Waals surface area contributed by atoms with E-state index in [1.165, 1.54) is 10.4 Å². The van der Waals surface area contributed by atoms with Crippen LogP contribution in [0.2, 0.25) is 0 Å². The molecule has 0 saturated carbocycles. The molecule has 2 aromatic heterocycles. The molecule has 3 aromatic rings. The quantitative estimate of drug-likeness (QED) is 0.736. The maximum atomic E-state index is 5.32. The number of anilines is 1. The number of thiophene rings is 1. The lowest BCUT2D eigenvalue weighted by molar-refractivity contribution is 0.518. The van der Waals surface area contributed by atoms with Crippen LogP contribution in [0.3, 0.4) is 0 Å². The van der Waals surface area contributed by atoms with E-state index in [-0.39, 0.29) is 0 Å². The lowest BCUT2D eigenvalue weighted by Gasteiger charge is -2.06. The molecule has 0 radical (unpaired) electrons. The van der Waals surface area contributed by atoms with Crippen LogP contribution in [0, 0.1) is 0 Å². The zero-order chi connectivity index (χ0) is 12.2. The van der Waals surface area contributed by atoms with Crippen LogP contribution < -0.4 is 5.32 Å². The van der Waals surface area contributed by atoms with Crippen molar-refractivity contribution < 1.29 is 4.42 Å². The van der Waals surface area contributed by atoms with Crippen molar-refractivity contribution in [2.45, 2.75) is 6.54 Å². The van der Waals surface area contributed by atoms with E-state index in [2.05, 4.69) is 41.0 Å². The molecule has 90 valence electrons. The Morgan fingerprint density at radius 2 is 1.89 bits per heavy atom. The summed E-state index contributed by atoms with van der Waals surface area (Å²) in [5, 5.41) is 5.51. The average molecular weight is 255 g/mol. The van der Waals surface area contributed by atoms with Gasteiger partial charge in [0.05, 0.1) is 23.4 Å². The molecular weight excluding hydrogens is 242 g/mol. The van der Waals surface area contributed by atoms with Crippen molar-refractivity contribution in [2.75, 3.05) is 5.32 Å². The lowest BCUT2D eigenvalue weighted by Crippen LogP contribution is -1.97. The molecule has 0 aliphatic rings. The maximum absolute atomic E-state index is 5.32. The van der Waals surface area contributed by atoms with E-state index in [4.69, 9.17) is 4.42 Å². The topological polar surface area (TPSA) is 25.2 Å². The average Bonchev–Trinajstić information content (AvgIpc) is 3.09. The Morgan fingerprint density at radius 1 is 1.00 bits per heavy atom. The third-order valence-corrected chi connectivity index (χ3v) is 3.70. The van der Waals surface area contributed by atoms with Crippen LogP contribution in [0.15, 0.2) is 64.6 Å². The summed E-state index contributed by atoms with van der Waals surface area (Å²) in [6.07, 6.45) is 1.70. The minimum atomic E-state index is 0.712. The van der Waals surface area contributed by atoms with Crippen LogP contribution in [-0.2, 0) is 6.54 Å². The summed E-state index contributed by atoms with van der Waals surface area (Å²) in [7, 11) is 0. The molecule has 0 unspecified atom stereocenters. The van der Waals surface area contributed by atoms with Gasteiger partial charge in [-0.1, -0.05) is 30.3 Å². The first-order valence-corrected chi connectivity index (χ1v) is 6.70. The molecular formula is C15H13NOS. The van der Waals surface area contributed by atoms with Gasteiger partial charge in [-0.3, -0.25) is 0 Å². The molecule has 1 aromatic carbocycles. The van der Waals surface area contributed by atoms with E-state index in [9.17, 15) is 0 Å². The Bertz CT molecular complexity index is 598. The number of furan rings is 1. The van der Waals surface area contributed by atoms with Crippen LogP contribution in [0.4, 0.5) is 5.69 Å². The van der Waals surface area contributed by atoms with Crippen LogP contribution in [0.1, 0.15) is 5.76 Å². The molecule has 2 heterocycles. The summed E-state index contributed by atoms with van der Waals surface area (Å²) in [5.41, 5.74) is 2.40. The van der Waals surface area contributed by atoms with Gasteiger partial charge in [0.15, 0.2) is 0 Å². The third kappa shape index (κ3) is 2.31. The monoisotopic (exact) mass is 255 g/mol. The first-order chi connectivity index (χ1) is 8.93. The molecule has 0 fully saturated rings. The van der Waals surface area contributed by atoms with Crippen molar-refractivity contribution in [1.29, 1.82) is 0 Å². The summed E-state index contributed by atoms with van der Waals surface area (Å²) < 4.78 is 5.32. The second-order valence-electron chi connectivity index (χ2n) is 3.96. The molecule has 0 bridgehead atoms. The Balaban J connectivity index is 1.80. The van der Waals surface area contributed by atoms with E-state index < -0.39 is 0 Å². The minimum absolute atomic E-state index is 0.712. The summed E-state index contributed by atoms with van der Waals surface area (Å²) in [6, 6.07) is 16.4. The summed E-state index contributed by atoms with van der Waals surface area (Å²) in [5.74, 6) is 0.945. The molecule has 3 rings (SSSR count). The highest BCUT2D eigenvalue weighted by atomic mass is 32.1. The SMILES string of the molecule is c1ccc(-c2sccc2NCc2ccco2)cc1. The molecule has 2 nitrogen and oxygen atoms in total. The summed E-state index contributed by atoms with van der Waals surface area (Å²) >= 11 is 1.75. The molecule has 0 atom stereocenters. The van der Waals surface area contributed by atoms with E-state index in [1.54, 1.807) is 17.6 Å². The van der Waals surface area contributed by atoms with Crippen molar-refractivity contribution in [1.82, 2.24) is 0 Å². The predicted octanol–water partition coefficient (Wildman–Crippen LogP) is 4.62. The fraction of sp³-hybridized carbons (Fsp3) is 0.0667. The van der Waals surface area contributed by atoms with Gasteiger partial charge in [0.2, 0.25) is 0 Å². The first kappa shape index (κ1) is 11.1. The van der Waals surface area contributed by atoms with Crippen LogP contribution >= 0.6 is 11.3 Å². The highest BCUT2D eigenvalue weighted by molar-refractivity contribution is 7.14. The van der Waals surface area contributed by atoms with Crippen molar-refractivity contribution in [2.24, 2.45) is 0 Å². The molecule has 1 N–H and O–H groups in total. The first-order valence-electron chi connectivity index (χ1n) is 5.82. The lowest BCUT2D eigenvalue weighted by atomic mass is 10.2. The normalized spacial score (nSPS) is 10.4. The number of nitrogens with one attached hydrogen (secondary N) is 1. The van der Waals surface area contributed by atoms with Crippen LogP contribution in [0.25, 0.3) is 10.4 Å². The molecule has 0 amide bonds. The van der Waals surface area contributed by atoms with Crippen molar-refractivity contribution >= 4 is 17.0 Å². The van der Waals surface area contributed by atoms with Crippen molar-refractivity contribution in [3.63, 3.8) is 0 Å². The van der Waals surface area contributed by atoms with Gasteiger partial charge >= 0.3 is 0 Å². The summed E-state index contributed by atoms with van der Waals surface area (Å²) in [6.45, 7) is 0.712. The van der Waals surface area contributed by atoms with E-state index in [1.807, 2.05) is 18.2 Å². The van der Waals surface area contributed by atoms with E-state index in [0.717, 1.165) is 11.4 Å². The Kier molecular flexibility index (Phi) is 3.15. The highest BCUT2D eigenvalue weighted by Gasteiger charge is 2.06. The van der Waals surface area contributed by atoms with Crippen LogP contribution in [0.5, 0.6) is 0 Å². The van der Waals surface area contributed by atoms with Gasteiger partial charge in [-0.15, -0.1) is 11.3 Å². The third-order valence-electron chi connectivity index (χ3n) is 2.73. The maximum Gasteiger partial charge on any atom is 0.122 e. The van der Waals surface area contributed by atoms with Gasteiger partial charge in [-0.05, 0) is 29.1 Å².